The van der Waals surface area contributed by atoms with Crippen molar-refractivity contribution in [2.45, 2.75) is 6.61 Å². The lowest BCUT2D eigenvalue weighted by molar-refractivity contribution is -0.122. The quantitative estimate of drug-likeness (QED) is 0.874. The van der Waals surface area contributed by atoms with E-state index < -0.39 is 0 Å². The highest BCUT2D eigenvalue weighted by atomic mass is 16.5. The molecule has 2 aromatic rings. The van der Waals surface area contributed by atoms with Gasteiger partial charge in [0, 0.05) is 18.3 Å². The predicted octanol–water partition coefficient (Wildman–Crippen LogP) is 2.86. The molecule has 1 aliphatic rings. The fourth-order valence-corrected chi connectivity index (χ4v) is 2.79. The van der Waals surface area contributed by atoms with Crippen molar-refractivity contribution in [1.82, 2.24) is 0 Å². The van der Waals surface area contributed by atoms with Crippen LogP contribution in [0.15, 0.2) is 36.4 Å². The highest BCUT2D eigenvalue weighted by Crippen LogP contribution is 2.37. The third-order valence-electron chi connectivity index (χ3n) is 4.05. The van der Waals surface area contributed by atoms with Crippen molar-refractivity contribution in [2.24, 2.45) is 0 Å². The average molecular weight is 313 g/mol. The van der Waals surface area contributed by atoms with Crippen LogP contribution in [0.3, 0.4) is 0 Å². The molecule has 0 atom stereocenters. The lowest BCUT2D eigenvalue weighted by atomic mass is 9.97. The maximum Gasteiger partial charge on any atom is 0.252 e. The minimum atomic E-state index is -0.0480. The fraction of sp³-hybridized carbons (Fsp3) is 0.278. The van der Waals surface area contributed by atoms with Crippen LogP contribution in [0.25, 0.3) is 11.1 Å². The molecule has 1 heterocycles. The van der Waals surface area contributed by atoms with Gasteiger partial charge in [-0.2, -0.15) is 0 Å². The Morgan fingerprint density at radius 3 is 2.57 bits per heavy atom. The van der Waals surface area contributed by atoms with Crippen molar-refractivity contribution in [3.8, 4) is 22.6 Å². The first kappa shape index (κ1) is 15.4. The van der Waals surface area contributed by atoms with E-state index in [1.165, 1.54) is 0 Å². The van der Waals surface area contributed by atoms with Crippen LogP contribution in [-0.4, -0.2) is 33.8 Å². The van der Waals surface area contributed by atoms with Crippen molar-refractivity contribution in [2.75, 3.05) is 32.8 Å². The van der Waals surface area contributed by atoms with E-state index in [4.69, 9.17) is 14.2 Å². The number of fused-ring (bicyclic) bond motifs is 1. The van der Waals surface area contributed by atoms with Gasteiger partial charge in [-0.1, -0.05) is 18.2 Å². The summed E-state index contributed by atoms with van der Waals surface area (Å²) in [7, 11) is 5.00. The van der Waals surface area contributed by atoms with E-state index in [2.05, 4.69) is 0 Å². The molecule has 0 saturated heterocycles. The Morgan fingerprint density at radius 2 is 1.83 bits per heavy atom. The summed E-state index contributed by atoms with van der Waals surface area (Å²) < 4.78 is 16.2. The van der Waals surface area contributed by atoms with Gasteiger partial charge in [-0.05, 0) is 29.3 Å². The number of hydrogen-bond acceptors (Lipinski definition) is 4. The third kappa shape index (κ3) is 2.75. The van der Waals surface area contributed by atoms with Crippen molar-refractivity contribution in [1.29, 1.82) is 0 Å². The Hall–Kier alpha value is -2.53. The second kappa shape index (κ2) is 6.30. The summed E-state index contributed by atoms with van der Waals surface area (Å²) in [5, 5.41) is 0. The van der Waals surface area contributed by atoms with Crippen LogP contribution in [0.5, 0.6) is 11.5 Å². The standard InChI is InChI=1S/C18H19NO4/c1-19-15-6-4-5-13(14(15)10-23-11-18(19)20)12-7-8-16(21-2)17(9-12)22-3/h4-9H,10-11H2,1-3H3. The summed E-state index contributed by atoms with van der Waals surface area (Å²) in [6.07, 6.45) is 0. The zero-order valence-corrected chi connectivity index (χ0v) is 13.5. The topological polar surface area (TPSA) is 48.0 Å². The van der Waals surface area contributed by atoms with Crippen molar-refractivity contribution in [3.63, 3.8) is 0 Å². The van der Waals surface area contributed by atoms with Crippen LogP contribution < -0.4 is 14.4 Å². The fourth-order valence-electron chi connectivity index (χ4n) is 2.79. The summed E-state index contributed by atoms with van der Waals surface area (Å²) in [5.41, 5.74) is 3.88. The normalized spacial score (nSPS) is 14.2. The number of likely N-dealkylation sites (N-methyl/N-ethyl adjacent to an activating group) is 1. The van der Waals surface area contributed by atoms with Crippen LogP contribution in [0, 0.1) is 0 Å². The molecule has 0 fully saturated rings. The molecule has 0 aromatic heterocycles. The minimum absolute atomic E-state index is 0.0480. The van der Waals surface area contributed by atoms with Gasteiger partial charge in [0.25, 0.3) is 5.91 Å². The van der Waals surface area contributed by atoms with Gasteiger partial charge in [-0.25, -0.2) is 0 Å². The lowest BCUT2D eigenvalue weighted by Gasteiger charge is -2.19. The van der Waals surface area contributed by atoms with E-state index in [-0.39, 0.29) is 12.5 Å². The number of amides is 1. The molecule has 0 spiro atoms. The summed E-state index contributed by atoms with van der Waals surface area (Å²) in [6, 6.07) is 11.7. The van der Waals surface area contributed by atoms with Gasteiger partial charge in [0.2, 0.25) is 0 Å². The van der Waals surface area contributed by atoms with Gasteiger partial charge in [-0.15, -0.1) is 0 Å². The monoisotopic (exact) mass is 313 g/mol. The van der Waals surface area contributed by atoms with Gasteiger partial charge >= 0.3 is 0 Å². The maximum absolute atomic E-state index is 12.0. The van der Waals surface area contributed by atoms with E-state index in [0.29, 0.717) is 18.1 Å². The van der Waals surface area contributed by atoms with E-state index in [1.54, 1.807) is 26.2 Å². The lowest BCUT2D eigenvalue weighted by Crippen LogP contribution is -2.28. The maximum atomic E-state index is 12.0. The van der Waals surface area contributed by atoms with Gasteiger partial charge in [0.1, 0.15) is 6.61 Å². The molecule has 5 nitrogen and oxygen atoms in total. The molecule has 23 heavy (non-hydrogen) atoms. The number of carbonyl (C=O) groups is 1. The summed E-state index contributed by atoms with van der Waals surface area (Å²) in [5.74, 6) is 1.30. The minimum Gasteiger partial charge on any atom is -0.493 e. The Bertz CT molecular complexity index is 742. The Morgan fingerprint density at radius 1 is 1.04 bits per heavy atom. The Kier molecular flexibility index (Phi) is 4.21. The molecule has 1 aliphatic heterocycles. The molecule has 120 valence electrons. The number of hydrogen-bond donors (Lipinski definition) is 0. The zero-order valence-electron chi connectivity index (χ0n) is 13.5. The van der Waals surface area contributed by atoms with Crippen LogP contribution in [0.2, 0.25) is 0 Å². The first-order valence-corrected chi connectivity index (χ1v) is 7.34. The first-order valence-electron chi connectivity index (χ1n) is 7.34. The number of methoxy groups -OCH3 is 2. The van der Waals surface area contributed by atoms with Crippen molar-refractivity contribution >= 4 is 11.6 Å². The van der Waals surface area contributed by atoms with Crippen molar-refractivity contribution < 1.29 is 19.0 Å². The van der Waals surface area contributed by atoms with E-state index in [9.17, 15) is 4.79 Å². The predicted molar refractivity (Wildman–Crippen MR) is 88.0 cm³/mol. The van der Waals surface area contributed by atoms with Gasteiger partial charge in [0.15, 0.2) is 11.5 Å². The van der Waals surface area contributed by atoms with Gasteiger partial charge in [-0.3, -0.25) is 4.79 Å². The van der Waals surface area contributed by atoms with Crippen LogP contribution in [0.4, 0.5) is 5.69 Å². The molecule has 0 unspecified atom stereocenters. The van der Waals surface area contributed by atoms with Crippen LogP contribution >= 0.6 is 0 Å². The van der Waals surface area contributed by atoms with E-state index in [0.717, 1.165) is 22.4 Å². The number of anilines is 1. The van der Waals surface area contributed by atoms with Crippen LogP contribution in [0.1, 0.15) is 5.56 Å². The average Bonchev–Trinajstić information content (AvgIpc) is 2.73. The number of carbonyl (C=O) groups excluding carboxylic acids is 1. The molecule has 0 aliphatic carbocycles. The third-order valence-corrected chi connectivity index (χ3v) is 4.05. The molecule has 3 rings (SSSR count). The summed E-state index contributed by atoms with van der Waals surface area (Å²) in [6.45, 7) is 0.493. The first-order chi connectivity index (χ1) is 11.2. The molecular weight excluding hydrogens is 294 g/mol. The summed E-state index contributed by atoms with van der Waals surface area (Å²) >= 11 is 0. The zero-order chi connectivity index (χ0) is 16.4. The second-order valence-corrected chi connectivity index (χ2v) is 5.32. The second-order valence-electron chi connectivity index (χ2n) is 5.32. The molecule has 1 amide bonds. The molecular formula is C18H19NO4. The number of rotatable bonds is 3. The Balaban J connectivity index is 2.13. The van der Waals surface area contributed by atoms with E-state index >= 15 is 0 Å². The molecule has 2 aromatic carbocycles. The molecule has 0 N–H and O–H groups in total. The molecule has 0 radical (unpaired) electrons. The smallest absolute Gasteiger partial charge is 0.252 e. The number of ether oxygens (including phenoxy) is 3. The highest BCUT2D eigenvalue weighted by Gasteiger charge is 2.22. The number of benzene rings is 2. The van der Waals surface area contributed by atoms with E-state index in [1.807, 2.05) is 36.4 Å². The van der Waals surface area contributed by atoms with Gasteiger partial charge < -0.3 is 19.1 Å². The summed E-state index contributed by atoms with van der Waals surface area (Å²) in [4.78, 5) is 13.6. The number of nitrogens with zero attached hydrogens (tertiary/aromatic N) is 1. The van der Waals surface area contributed by atoms with Gasteiger partial charge in [0.05, 0.1) is 20.8 Å². The Labute approximate surface area is 135 Å². The highest BCUT2D eigenvalue weighted by molar-refractivity contribution is 5.96. The molecule has 5 heteroatoms. The molecule has 0 saturated carbocycles. The van der Waals surface area contributed by atoms with Crippen molar-refractivity contribution in [3.05, 3.63) is 42.0 Å². The largest absolute Gasteiger partial charge is 0.493 e. The van der Waals surface area contributed by atoms with Crippen LogP contribution in [-0.2, 0) is 16.1 Å². The SMILES string of the molecule is COc1ccc(-c2cccc3c2COCC(=O)N3C)cc1OC. The molecule has 0 bridgehead atoms.